The SMILES string of the molecule is CC1C2C(=O)NC(=O)CN2C12C1C(=O)NC(=O)CN12. The molecule has 4 heterocycles. The predicted octanol–water partition coefficient (Wildman–Crippen LogP) is -3.00. The average Bonchev–Trinajstić information content (AvgIpc) is 2.99. The van der Waals surface area contributed by atoms with Crippen LogP contribution in [0.25, 0.3) is 0 Å². The van der Waals surface area contributed by atoms with E-state index in [0.717, 1.165) is 0 Å². The quantitative estimate of drug-likeness (QED) is 0.357. The molecule has 4 amide bonds. The van der Waals surface area contributed by atoms with Gasteiger partial charge >= 0.3 is 0 Å². The average molecular weight is 264 g/mol. The molecule has 0 aromatic carbocycles. The fraction of sp³-hybridized carbons (Fsp3) is 0.636. The second-order valence-electron chi connectivity index (χ2n) is 5.50. The molecule has 2 N–H and O–H groups in total. The minimum atomic E-state index is -0.617. The summed E-state index contributed by atoms with van der Waals surface area (Å²) in [5.41, 5.74) is -0.617. The zero-order chi connectivity index (χ0) is 13.5. The molecule has 5 unspecified atom stereocenters. The molecule has 4 rings (SSSR count). The van der Waals surface area contributed by atoms with Gasteiger partial charge in [-0.2, -0.15) is 0 Å². The topological polar surface area (TPSA) is 98.6 Å². The van der Waals surface area contributed by atoms with E-state index in [9.17, 15) is 19.2 Å². The van der Waals surface area contributed by atoms with E-state index < -0.39 is 11.7 Å². The minimum absolute atomic E-state index is 0.0813. The number of rotatable bonds is 0. The first-order chi connectivity index (χ1) is 8.97. The summed E-state index contributed by atoms with van der Waals surface area (Å²) in [7, 11) is 0. The zero-order valence-corrected chi connectivity index (χ0v) is 10.2. The lowest BCUT2D eigenvalue weighted by Crippen LogP contribution is -2.77. The van der Waals surface area contributed by atoms with Crippen LogP contribution in [0.15, 0.2) is 0 Å². The van der Waals surface area contributed by atoms with E-state index in [-0.39, 0.29) is 48.7 Å². The Labute approximate surface area is 108 Å². The molecular formula is C11H12N4O4. The smallest absolute Gasteiger partial charge is 0.247 e. The third-order valence-corrected chi connectivity index (χ3v) is 4.72. The molecule has 4 aliphatic heterocycles. The maximum Gasteiger partial charge on any atom is 0.247 e. The monoisotopic (exact) mass is 264 g/mol. The van der Waals surface area contributed by atoms with Gasteiger partial charge in [-0.15, -0.1) is 0 Å². The standard InChI is InChI=1S/C11H12N4O4/c1-4-7-9(18)12-5(16)2-14(7)11(4)8-10(19)13-6(17)3-15(8)11/h4,7-8H,2-3H2,1H3,(H,12,16,18)(H,13,17,19). The first kappa shape index (κ1) is 11.1. The highest BCUT2D eigenvalue weighted by atomic mass is 16.2. The number of amides is 4. The van der Waals surface area contributed by atoms with Crippen molar-refractivity contribution in [3.63, 3.8) is 0 Å². The van der Waals surface area contributed by atoms with Crippen molar-refractivity contribution >= 4 is 23.6 Å². The van der Waals surface area contributed by atoms with Crippen molar-refractivity contribution < 1.29 is 19.2 Å². The van der Waals surface area contributed by atoms with Crippen molar-refractivity contribution in [2.75, 3.05) is 13.1 Å². The number of piperazine rings is 2. The van der Waals surface area contributed by atoms with Crippen molar-refractivity contribution in [3.8, 4) is 0 Å². The molecule has 4 aliphatic rings. The Hall–Kier alpha value is -1.80. The lowest BCUT2D eigenvalue weighted by atomic mass is 9.76. The predicted molar refractivity (Wildman–Crippen MR) is 59.2 cm³/mol. The maximum absolute atomic E-state index is 11.9. The highest BCUT2D eigenvalue weighted by Gasteiger charge is 2.82. The van der Waals surface area contributed by atoms with E-state index in [4.69, 9.17) is 0 Å². The second-order valence-corrected chi connectivity index (χ2v) is 5.50. The Kier molecular flexibility index (Phi) is 1.76. The van der Waals surface area contributed by atoms with Crippen molar-refractivity contribution in [3.05, 3.63) is 0 Å². The highest BCUT2D eigenvalue weighted by molar-refractivity contribution is 6.07. The Bertz CT molecular complexity index is 561. The first-order valence-corrected chi connectivity index (χ1v) is 6.19. The van der Waals surface area contributed by atoms with E-state index in [1.165, 1.54) is 0 Å². The van der Waals surface area contributed by atoms with Crippen LogP contribution in [0, 0.1) is 5.92 Å². The summed E-state index contributed by atoms with van der Waals surface area (Å²) in [4.78, 5) is 50.0. The van der Waals surface area contributed by atoms with Gasteiger partial charge in [-0.05, 0) is 0 Å². The molecule has 100 valence electrons. The van der Waals surface area contributed by atoms with Crippen LogP contribution in [-0.4, -0.2) is 64.3 Å². The summed E-state index contributed by atoms with van der Waals surface area (Å²) < 4.78 is 0. The number of hydrogen-bond donors (Lipinski definition) is 2. The van der Waals surface area contributed by atoms with E-state index >= 15 is 0 Å². The Morgan fingerprint density at radius 1 is 1.00 bits per heavy atom. The zero-order valence-electron chi connectivity index (χ0n) is 10.2. The van der Waals surface area contributed by atoms with Gasteiger partial charge in [0.1, 0.15) is 11.7 Å². The Morgan fingerprint density at radius 3 is 2.26 bits per heavy atom. The Morgan fingerprint density at radius 2 is 1.58 bits per heavy atom. The second kappa shape index (κ2) is 3.02. The minimum Gasteiger partial charge on any atom is -0.294 e. The van der Waals surface area contributed by atoms with Crippen molar-refractivity contribution in [1.82, 2.24) is 20.4 Å². The summed E-state index contributed by atoms with van der Waals surface area (Å²) in [6.07, 6.45) is 0. The van der Waals surface area contributed by atoms with Crippen LogP contribution in [0.5, 0.6) is 0 Å². The van der Waals surface area contributed by atoms with Crippen LogP contribution in [0.1, 0.15) is 6.92 Å². The van der Waals surface area contributed by atoms with Gasteiger partial charge in [0.2, 0.25) is 23.6 Å². The molecular weight excluding hydrogens is 252 g/mol. The third-order valence-electron chi connectivity index (χ3n) is 4.72. The molecule has 8 nitrogen and oxygen atoms in total. The van der Waals surface area contributed by atoms with Crippen LogP contribution in [0.2, 0.25) is 0 Å². The largest absolute Gasteiger partial charge is 0.294 e. The van der Waals surface area contributed by atoms with Crippen molar-refractivity contribution in [2.24, 2.45) is 5.92 Å². The molecule has 0 radical (unpaired) electrons. The molecule has 0 bridgehead atoms. The van der Waals surface area contributed by atoms with Gasteiger partial charge in [0, 0.05) is 5.92 Å². The van der Waals surface area contributed by atoms with Gasteiger partial charge in [0.15, 0.2) is 0 Å². The van der Waals surface area contributed by atoms with Crippen LogP contribution in [-0.2, 0) is 19.2 Å². The van der Waals surface area contributed by atoms with Gasteiger partial charge in [-0.25, -0.2) is 0 Å². The van der Waals surface area contributed by atoms with Crippen LogP contribution < -0.4 is 10.6 Å². The molecule has 1 spiro atoms. The lowest BCUT2D eigenvalue weighted by molar-refractivity contribution is -0.167. The van der Waals surface area contributed by atoms with Gasteiger partial charge < -0.3 is 0 Å². The Balaban J connectivity index is 1.70. The fourth-order valence-corrected chi connectivity index (χ4v) is 4.04. The van der Waals surface area contributed by atoms with Crippen LogP contribution >= 0.6 is 0 Å². The van der Waals surface area contributed by atoms with Gasteiger partial charge in [0.05, 0.1) is 19.1 Å². The number of carbonyl (C=O) groups is 4. The number of hydrogen-bond acceptors (Lipinski definition) is 6. The number of imide groups is 2. The molecule has 0 aliphatic carbocycles. The molecule has 0 aromatic rings. The van der Waals surface area contributed by atoms with E-state index in [1.54, 1.807) is 9.80 Å². The number of fused-ring (bicyclic) bond motifs is 5. The molecule has 8 heteroatoms. The summed E-state index contributed by atoms with van der Waals surface area (Å²) in [6.45, 7) is 2.11. The molecule has 5 atom stereocenters. The number of carbonyl (C=O) groups excluding carboxylic acids is 4. The normalized spacial score (nSPS) is 48.1. The third kappa shape index (κ3) is 1.03. The van der Waals surface area contributed by atoms with E-state index in [0.29, 0.717) is 0 Å². The molecule has 4 saturated heterocycles. The van der Waals surface area contributed by atoms with Crippen LogP contribution in [0.3, 0.4) is 0 Å². The molecule has 0 aromatic heterocycles. The number of nitrogens with zero attached hydrogens (tertiary/aromatic N) is 2. The lowest BCUT2D eigenvalue weighted by Gasteiger charge is -2.55. The summed E-state index contributed by atoms with van der Waals surface area (Å²) in [6, 6.07) is -0.804. The summed E-state index contributed by atoms with van der Waals surface area (Å²) >= 11 is 0. The van der Waals surface area contributed by atoms with Gasteiger partial charge in [0.25, 0.3) is 0 Å². The summed E-state index contributed by atoms with van der Waals surface area (Å²) in [5, 5.41) is 4.60. The molecule has 0 saturated carbocycles. The van der Waals surface area contributed by atoms with E-state index in [1.807, 2.05) is 6.92 Å². The molecule has 19 heavy (non-hydrogen) atoms. The van der Waals surface area contributed by atoms with Crippen molar-refractivity contribution in [2.45, 2.75) is 24.7 Å². The van der Waals surface area contributed by atoms with Gasteiger partial charge in [-0.1, -0.05) is 6.92 Å². The van der Waals surface area contributed by atoms with E-state index in [2.05, 4.69) is 10.6 Å². The van der Waals surface area contributed by atoms with Crippen LogP contribution in [0.4, 0.5) is 0 Å². The molecule has 4 fully saturated rings. The highest BCUT2D eigenvalue weighted by Crippen LogP contribution is 2.60. The maximum atomic E-state index is 11.9. The van der Waals surface area contributed by atoms with Gasteiger partial charge in [-0.3, -0.25) is 39.6 Å². The first-order valence-electron chi connectivity index (χ1n) is 6.19. The van der Waals surface area contributed by atoms with Crippen molar-refractivity contribution in [1.29, 1.82) is 0 Å². The fourth-order valence-electron chi connectivity index (χ4n) is 4.04. The summed E-state index contributed by atoms with van der Waals surface area (Å²) in [5.74, 6) is -1.42. The number of nitrogens with one attached hydrogen (secondary N) is 2.